The number of aromatic nitrogens is 2. The van der Waals surface area contributed by atoms with Crippen LogP contribution in [0.3, 0.4) is 0 Å². The molecule has 2 aromatic rings. The third kappa shape index (κ3) is 3.87. The minimum absolute atomic E-state index is 0.193. The van der Waals surface area contributed by atoms with Gasteiger partial charge in [0, 0.05) is 56.2 Å². The number of aliphatic hydroxyl groups is 1. The molecule has 0 radical (unpaired) electrons. The molecule has 0 spiro atoms. The highest BCUT2D eigenvalue weighted by atomic mass is 16.5. The summed E-state index contributed by atoms with van der Waals surface area (Å²) in [4.78, 5) is 13.5. The van der Waals surface area contributed by atoms with E-state index in [0.717, 1.165) is 44.6 Å². The number of methoxy groups -OCH3 is 1. The molecule has 4 rings (SSSR count). The van der Waals surface area contributed by atoms with Gasteiger partial charge in [-0.25, -0.2) is 9.97 Å². The minimum Gasteiger partial charge on any atom is -0.467 e. The molecule has 0 bridgehead atoms. The number of aliphatic hydroxyl groups excluding tert-OH is 1. The fourth-order valence-electron chi connectivity index (χ4n) is 4.21. The van der Waals surface area contributed by atoms with Crippen LogP contribution in [0.15, 0.2) is 42.7 Å². The lowest BCUT2D eigenvalue weighted by atomic mass is 9.99. The van der Waals surface area contributed by atoms with Gasteiger partial charge in [0.1, 0.15) is 0 Å². The number of piperazine rings is 1. The Morgan fingerprint density at radius 1 is 1.08 bits per heavy atom. The number of hydrogen-bond acceptors (Lipinski definition) is 6. The molecule has 0 saturated carbocycles. The molecule has 3 heterocycles. The summed E-state index contributed by atoms with van der Waals surface area (Å²) in [5.41, 5.74) is 2.45. The fourth-order valence-corrected chi connectivity index (χ4v) is 4.21. The van der Waals surface area contributed by atoms with E-state index < -0.39 is 0 Å². The second-order valence-corrected chi connectivity index (χ2v) is 7.35. The van der Waals surface area contributed by atoms with E-state index in [-0.39, 0.29) is 6.10 Å². The Balaban J connectivity index is 1.51. The Bertz CT molecular complexity index is 710. The van der Waals surface area contributed by atoms with E-state index in [4.69, 9.17) is 4.74 Å². The van der Waals surface area contributed by atoms with Gasteiger partial charge in [0.05, 0.1) is 13.2 Å². The van der Waals surface area contributed by atoms with E-state index in [9.17, 15) is 5.11 Å². The lowest BCUT2D eigenvalue weighted by Crippen LogP contribution is -2.56. The SMILES string of the molecule is COc1ncc(CN2C[C@@H]3C[C@@H](O)CN3C[C@H]2Cc2ccccc2)cn1. The molecule has 2 fully saturated rings. The van der Waals surface area contributed by atoms with E-state index >= 15 is 0 Å². The molecule has 26 heavy (non-hydrogen) atoms. The van der Waals surface area contributed by atoms with Gasteiger partial charge in [-0.1, -0.05) is 30.3 Å². The van der Waals surface area contributed by atoms with E-state index in [1.807, 2.05) is 12.4 Å². The van der Waals surface area contributed by atoms with E-state index in [1.165, 1.54) is 5.56 Å². The Labute approximate surface area is 154 Å². The quantitative estimate of drug-likeness (QED) is 0.875. The van der Waals surface area contributed by atoms with Crippen molar-refractivity contribution in [2.24, 2.45) is 0 Å². The Morgan fingerprint density at radius 3 is 2.58 bits per heavy atom. The molecule has 0 unspecified atom stereocenters. The molecule has 2 saturated heterocycles. The molecule has 6 heteroatoms. The number of nitrogens with zero attached hydrogens (tertiary/aromatic N) is 4. The molecule has 1 N–H and O–H groups in total. The van der Waals surface area contributed by atoms with Crippen LogP contribution >= 0.6 is 0 Å². The van der Waals surface area contributed by atoms with Crippen molar-refractivity contribution in [1.82, 2.24) is 19.8 Å². The van der Waals surface area contributed by atoms with Crippen molar-refractivity contribution >= 4 is 0 Å². The topological polar surface area (TPSA) is 61.7 Å². The van der Waals surface area contributed by atoms with Crippen molar-refractivity contribution in [3.8, 4) is 6.01 Å². The summed E-state index contributed by atoms with van der Waals surface area (Å²) < 4.78 is 5.06. The number of rotatable bonds is 5. The zero-order valence-corrected chi connectivity index (χ0v) is 15.2. The molecule has 1 aromatic carbocycles. The van der Waals surface area contributed by atoms with Crippen molar-refractivity contribution in [2.45, 2.75) is 37.6 Å². The number of benzene rings is 1. The fraction of sp³-hybridized carbons (Fsp3) is 0.500. The van der Waals surface area contributed by atoms with Crippen LogP contribution < -0.4 is 4.74 Å². The molecular weight excluding hydrogens is 328 g/mol. The lowest BCUT2D eigenvalue weighted by Gasteiger charge is -2.43. The minimum atomic E-state index is -0.193. The Kier molecular flexibility index (Phi) is 5.15. The van der Waals surface area contributed by atoms with Crippen molar-refractivity contribution < 1.29 is 9.84 Å². The standard InChI is InChI=1S/C20H26N4O2/c1-26-20-21-9-16(10-22-20)11-23-13-18-8-19(25)14-24(18)12-17(23)7-15-5-3-2-4-6-15/h2-6,9-10,17-19,25H,7-8,11-14H2,1H3/t17-,18+,19-/m1/s1. The molecule has 2 aliphatic heterocycles. The molecule has 2 aliphatic rings. The second-order valence-electron chi connectivity index (χ2n) is 7.35. The second kappa shape index (κ2) is 7.70. The predicted octanol–water partition coefficient (Wildman–Crippen LogP) is 1.35. The Hall–Kier alpha value is -2.02. The average Bonchev–Trinajstić information content (AvgIpc) is 3.02. The van der Waals surface area contributed by atoms with Gasteiger partial charge in [0.2, 0.25) is 0 Å². The molecule has 138 valence electrons. The molecular formula is C20H26N4O2. The van der Waals surface area contributed by atoms with Gasteiger partial charge in [-0.3, -0.25) is 9.80 Å². The summed E-state index contributed by atoms with van der Waals surface area (Å²) in [5.74, 6) is 0. The van der Waals surface area contributed by atoms with Gasteiger partial charge in [-0.2, -0.15) is 0 Å². The van der Waals surface area contributed by atoms with Crippen LogP contribution in [-0.2, 0) is 13.0 Å². The van der Waals surface area contributed by atoms with Gasteiger partial charge in [-0.15, -0.1) is 0 Å². The van der Waals surface area contributed by atoms with E-state index in [0.29, 0.717) is 18.1 Å². The highest BCUT2D eigenvalue weighted by molar-refractivity contribution is 5.17. The van der Waals surface area contributed by atoms with Crippen LogP contribution in [0.5, 0.6) is 6.01 Å². The average molecular weight is 354 g/mol. The normalized spacial score (nSPS) is 26.6. The van der Waals surface area contributed by atoms with Crippen LogP contribution in [0, 0.1) is 0 Å². The van der Waals surface area contributed by atoms with Crippen LogP contribution in [0.4, 0.5) is 0 Å². The van der Waals surface area contributed by atoms with E-state index in [2.05, 4.69) is 50.1 Å². The monoisotopic (exact) mass is 354 g/mol. The maximum Gasteiger partial charge on any atom is 0.316 e. The lowest BCUT2D eigenvalue weighted by molar-refractivity contribution is 0.0443. The number of hydrogen-bond donors (Lipinski definition) is 1. The third-order valence-corrected chi connectivity index (χ3v) is 5.48. The van der Waals surface area contributed by atoms with Crippen LogP contribution in [0.1, 0.15) is 17.5 Å². The predicted molar refractivity (Wildman–Crippen MR) is 98.9 cm³/mol. The zero-order chi connectivity index (χ0) is 17.9. The van der Waals surface area contributed by atoms with Crippen molar-refractivity contribution in [3.05, 3.63) is 53.9 Å². The molecule has 6 nitrogen and oxygen atoms in total. The van der Waals surface area contributed by atoms with Crippen molar-refractivity contribution in [2.75, 3.05) is 26.7 Å². The number of ether oxygens (including phenoxy) is 1. The van der Waals surface area contributed by atoms with Crippen LogP contribution in [0.2, 0.25) is 0 Å². The van der Waals surface area contributed by atoms with Crippen molar-refractivity contribution in [3.63, 3.8) is 0 Å². The molecule has 0 aliphatic carbocycles. The summed E-state index contributed by atoms with van der Waals surface area (Å²) in [5, 5.41) is 10.1. The van der Waals surface area contributed by atoms with Gasteiger partial charge >= 0.3 is 6.01 Å². The Morgan fingerprint density at radius 2 is 1.85 bits per heavy atom. The van der Waals surface area contributed by atoms with Crippen LogP contribution in [-0.4, -0.2) is 69.8 Å². The molecule has 3 atom stereocenters. The van der Waals surface area contributed by atoms with Gasteiger partial charge < -0.3 is 9.84 Å². The largest absolute Gasteiger partial charge is 0.467 e. The zero-order valence-electron chi connectivity index (χ0n) is 15.2. The first-order chi connectivity index (χ1) is 12.7. The first-order valence-corrected chi connectivity index (χ1v) is 9.26. The third-order valence-electron chi connectivity index (χ3n) is 5.48. The summed E-state index contributed by atoms with van der Waals surface area (Å²) in [6, 6.07) is 11.9. The summed E-state index contributed by atoms with van der Waals surface area (Å²) in [7, 11) is 1.58. The first-order valence-electron chi connectivity index (χ1n) is 9.26. The maximum atomic E-state index is 10.1. The number of fused-ring (bicyclic) bond motifs is 1. The maximum absolute atomic E-state index is 10.1. The summed E-state index contributed by atoms with van der Waals surface area (Å²) in [6.07, 6.45) is 5.38. The van der Waals surface area contributed by atoms with Crippen LogP contribution in [0.25, 0.3) is 0 Å². The molecule has 1 aromatic heterocycles. The smallest absolute Gasteiger partial charge is 0.316 e. The van der Waals surface area contributed by atoms with Crippen molar-refractivity contribution in [1.29, 1.82) is 0 Å². The highest BCUT2D eigenvalue weighted by Gasteiger charge is 2.39. The van der Waals surface area contributed by atoms with Gasteiger partial charge in [0.25, 0.3) is 0 Å². The summed E-state index contributed by atoms with van der Waals surface area (Å²) in [6.45, 7) is 3.59. The first kappa shape index (κ1) is 17.4. The summed E-state index contributed by atoms with van der Waals surface area (Å²) >= 11 is 0. The van der Waals surface area contributed by atoms with E-state index in [1.54, 1.807) is 7.11 Å². The van der Waals surface area contributed by atoms with Gasteiger partial charge in [0.15, 0.2) is 0 Å². The molecule has 0 amide bonds. The highest BCUT2D eigenvalue weighted by Crippen LogP contribution is 2.27. The van der Waals surface area contributed by atoms with Gasteiger partial charge in [-0.05, 0) is 18.4 Å².